The van der Waals surface area contributed by atoms with Crippen LogP contribution >= 0.6 is 50.5 Å². The van der Waals surface area contributed by atoms with Crippen molar-refractivity contribution in [1.82, 2.24) is 4.90 Å². The largest absolute Gasteiger partial charge is 0.336 e. The Morgan fingerprint density at radius 3 is 2.40 bits per heavy atom. The van der Waals surface area contributed by atoms with Crippen LogP contribution < -0.4 is 0 Å². The van der Waals surface area contributed by atoms with E-state index in [-0.39, 0.29) is 5.91 Å². The van der Waals surface area contributed by atoms with Crippen molar-refractivity contribution in [2.45, 2.75) is 0 Å². The topological polar surface area (TPSA) is 20.3 Å². The highest BCUT2D eigenvalue weighted by atomic mass is 79.9. The Balaban J connectivity index is 2.76. The molecular weight excluding hydrogens is 321 g/mol. The molecule has 6 heteroatoms. The Labute approximate surface area is 111 Å². The molecule has 1 heterocycles. The maximum absolute atomic E-state index is 12.0. The SMILES string of the molecule is O=C(c1sccc1Br)N(CCCl)CCCl. The summed E-state index contributed by atoms with van der Waals surface area (Å²) in [4.78, 5) is 14.4. The number of thiophene rings is 1. The molecule has 0 radical (unpaired) electrons. The molecule has 0 unspecified atom stereocenters. The van der Waals surface area contributed by atoms with Crippen molar-refractivity contribution in [2.24, 2.45) is 0 Å². The second-order valence-corrected chi connectivity index (χ2v) is 5.29. The second kappa shape index (κ2) is 6.74. The fourth-order valence-electron chi connectivity index (χ4n) is 1.11. The van der Waals surface area contributed by atoms with E-state index in [2.05, 4.69) is 15.9 Å². The smallest absolute Gasteiger partial charge is 0.265 e. The summed E-state index contributed by atoms with van der Waals surface area (Å²) in [7, 11) is 0. The summed E-state index contributed by atoms with van der Waals surface area (Å²) in [5, 5.41) is 1.87. The minimum Gasteiger partial charge on any atom is -0.336 e. The van der Waals surface area contributed by atoms with Crippen LogP contribution in [0.5, 0.6) is 0 Å². The van der Waals surface area contributed by atoms with Gasteiger partial charge in [0.2, 0.25) is 0 Å². The number of amides is 1. The molecule has 0 bridgehead atoms. The van der Waals surface area contributed by atoms with Crippen LogP contribution in [0.25, 0.3) is 0 Å². The molecule has 0 atom stereocenters. The van der Waals surface area contributed by atoms with Crippen molar-refractivity contribution in [2.75, 3.05) is 24.8 Å². The third kappa shape index (κ3) is 3.63. The Hall–Kier alpha value is 0.230. The van der Waals surface area contributed by atoms with Crippen molar-refractivity contribution in [3.63, 3.8) is 0 Å². The zero-order valence-corrected chi connectivity index (χ0v) is 11.8. The number of halogens is 3. The van der Waals surface area contributed by atoms with Gasteiger partial charge in [0, 0.05) is 29.3 Å². The van der Waals surface area contributed by atoms with Crippen molar-refractivity contribution < 1.29 is 4.79 Å². The maximum atomic E-state index is 12.0. The summed E-state index contributed by atoms with van der Waals surface area (Å²) in [6, 6.07) is 1.86. The van der Waals surface area contributed by atoms with E-state index in [1.54, 1.807) is 4.90 Å². The third-order valence-electron chi connectivity index (χ3n) is 1.81. The van der Waals surface area contributed by atoms with Gasteiger partial charge in [0.15, 0.2) is 0 Å². The van der Waals surface area contributed by atoms with Crippen LogP contribution in [0.15, 0.2) is 15.9 Å². The first-order chi connectivity index (χ1) is 7.20. The molecule has 1 rings (SSSR count). The van der Waals surface area contributed by atoms with Gasteiger partial charge in [-0.1, -0.05) is 0 Å². The van der Waals surface area contributed by atoms with E-state index in [0.717, 1.165) is 4.47 Å². The molecule has 0 saturated heterocycles. The van der Waals surface area contributed by atoms with Gasteiger partial charge in [-0.2, -0.15) is 0 Å². The van der Waals surface area contributed by atoms with Gasteiger partial charge in [-0.25, -0.2) is 0 Å². The summed E-state index contributed by atoms with van der Waals surface area (Å²) >= 11 is 16.0. The Kier molecular flexibility index (Phi) is 5.97. The molecule has 84 valence electrons. The van der Waals surface area contributed by atoms with Gasteiger partial charge < -0.3 is 4.90 Å². The van der Waals surface area contributed by atoms with E-state index in [4.69, 9.17) is 23.2 Å². The van der Waals surface area contributed by atoms with Crippen LogP contribution in [0.1, 0.15) is 9.67 Å². The van der Waals surface area contributed by atoms with Crippen molar-refractivity contribution >= 4 is 56.4 Å². The van der Waals surface area contributed by atoms with E-state index >= 15 is 0 Å². The van der Waals surface area contributed by atoms with Crippen LogP contribution in [0.2, 0.25) is 0 Å². The van der Waals surface area contributed by atoms with Gasteiger partial charge >= 0.3 is 0 Å². The average molecular weight is 331 g/mol. The lowest BCUT2D eigenvalue weighted by atomic mass is 10.4. The highest BCUT2D eigenvalue weighted by molar-refractivity contribution is 9.10. The number of carbonyl (C=O) groups is 1. The molecule has 0 aliphatic carbocycles. The average Bonchev–Trinajstić information content (AvgIpc) is 2.63. The molecular formula is C9H10BrCl2NOS. The number of hydrogen-bond donors (Lipinski definition) is 0. The van der Waals surface area contributed by atoms with Crippen LogP contribution in [-0.2, 0) is 0 Å². The summed E-state index contributed by atoms with van der Waals surface area (Å²) in [5.41, 5.74) is 0. The molecule has 0 saturated carbocycles. The highest BCUT2D eigenvalue weighted by Gasteiger charge is 2.18. The van der Waals surface area contributed by atoms with Gasteiger partial charge in [0.05, 0.1) is 0 Å². The first-order valence-electron chi connectivity index (χ1n) is 4.35. The predicted octanol–water partition coefficient (Wildman–Crippen LogP) is 3.43. The third-order valence-corrected chi connectivity index (χ3v) is 3.97. The fourth-order valence-corrected chi connectivity index (χ4v) is 3.02. The molecule has 0 N–H and O–H groups in total. The second-order valence-electron chi connectivity index (χ2n) is 2.77. The van der Waals surface area contributed by atoms with Gasteiger partial charge in [-0.05, 0) is 27.4 Å². The molecule has 0 aliphatic rings. The maximum Gasteiger partial charge on any atom is 0.265 e. The molecule has 0 spiro atoms. The lowest BCUT2D eigenvalue weighted by molar-refractivity contribution is 0.0779. The lowest BCUT2D eigenvalue weighted by Gasteiger charge is -2.19. The Bertz CT molecular complexity index is 326. The molecule has 15 heavy (non-hydrogen) atoms. The van der Waals surface area contributed by atoms with Crippen molar-refractivity contribution in [3.8, 4) is 0 Å². The number of alkyl halides is 2. The molecule has 1 aromatic heterocycles. The molecule has 2 nitrogen and oxygen atoms in total. The quantitative estimate of drug-likeness (QED) is 0.757. The van der Waals surface area contributed by atoms with E-state index in [1.165, 1.54) is 11.3 Å². The molecule has 0 fully saturated rings. The summed E-state index contributed by atoms with van der Waals surface area (Å²) in [5.74, 6) is 0.829. The number of carbonyl (C=O) groups excluding carboxylic acids is 1. The standard InChI is InChI=1S/C9H10BrCl2NOS/c10-7-1-6-15-8(7)9(14)13(4-2-11)5-3-12/h1,6H,2-5H2. The van der Waals surface area contributed by atoms with Crippen LogP contribution in [-0.4, -0.2) is 35.7 Å². The van der Waals surface area contributed by atoms with Gasteiger partial charge in [-0.3, -0.25) is 4.79 Å². The summed E-state index contributed by atoms with van der Waals surface area (Å²) in [6.45, 7) is 1.05. The minimum absolute atomic E-state index is 0.0156. The van der Waals surface area contributed by atoms with E-state index < -0.39 is 0 Å². The normalized spacial score (nSPS) is 10.3. The van der Waals surface area contributed by atoms with E-state index in [9.17, 15) is 4.79 Å². The minimum atomic E-state index is -0.0156. The van der Waals surface area contributed by atoms with Crippen LogP contribution in [0.3, 0.4) is 0 Å². The molecule has 1 amide bonds. The van der Waals surface area contributed by atoms with Crippen molar-refractivity contribution in [3.05, 3.63) is 20.8 Å². The van der Waals surface area contributed by atoms with Crippen molar-refractivity contribution in [1.29, 1.82) is 0 Å². The molecule has 0 aromatic carbocycles. The first-order valence-corrected chi connectivity index (χ1v) is 7.09. The number of hydrogen-bond acceptors (Lipinski definition) is 2. The summed E-state index contributed by atoms with van der Waals surface area (Å²) in [6.07, 6.45) is 0. The Morgan fingerprint density at radius 1 is 1.40 bits per heavy atom. The zero-order valence-electron chi connectivity index (χ0n) is 7.88. The number of rotatable bonds is 5. The van der Waals surface area contributed by atoms with E-state index in [1.807, 2.05) is 11.4 Å². The molecule has 0 aliphatic heterocycles. The van der Waals surface area contributed by atoms with E-state index in [0.29, 0.717) is 29.7 Å². The highest BCUT2D eigenvalue weighted by Crippen LogP contribution is 2.24. The van der Waals surface area contributed by atoms with Crippen LogP contribution in [0.4, 0.5) is 0 Å². The van der Waals surface area contributed by atoms with Crippen LogP contribution in [0, 0.1) is 0 Å². The van der Waals surface area contributed by atoms with Gasteiger partial charge in [-0.15, -0.1) is 34.5 Å². The fraction of sp³-hybridized carbons (Fsp3) is 0.444. The molecule has 1 aromatic rings. The Morgan fingerprint density at radius 2 is 2.00 bits per heavy atom. The summed E-state index contributed by atoms with van der Waals surface area (Å²) < 4.78 is 0.826. The first kappa shape index (κ1) is 13.3. The zero-order chi connectivity index (χ0) is 11.3. The van der Waals surface area contributed by atoms with Gasteiger partial charge in [0.25, 0.3) is 5.91 Å². The predicted molar refractivity (Wildman–Crippen MR) is 69.4 cm³/mol. The number of nitrogens with zero attached hydrogens (tertiary/aromatic N) is 1. The van der Waals surface area contributed by atoms with Gasteiger partial charge in [0.1, 0.15) is 4.88 Å². The monoisotopic (exact) mass is 329 g/mol. The lowest BCUT2D eigenvalue weighted by Crippen LogP contribution is -2.34.